The summed E-state index contributed by atoms with van der Waals surface area (Å²) in [6.45, 7) is 0. The van der Waals surface area contributed by atoms with Crippen LogP contribution in [0.25, 0.3) is 10.1 Å². The molecule has 0 spiro atoms. The number of rotatable bonds is 3. The third-order valence-electron chi connectivity index (χ3n) is 2.90. The predicted octanol–water partition coefficient (Wildman–Crippen LogP) is 4.05. The number of aromatic nitrogens is 1. The van der Waals surface area contributed by atoms with Gasteiger partial charge in [0, 0.05) is 22.2 Å². The van der Waals surface area contributed by atoms with Crippen molar-refractivity contribution in [3.05, 3.63) is 51.2 Å². The molecule has 21 heavy (non-hydrogen) atoms. The fraction of sp³-hybridized carbons (Fsp3) is 0.0667. The number of ether oxygens (including phenoxy) is 1. The number of thiophene rings is 1. The number of carbonyl (C=O) groups is 1. The summed E-state index contributed by atoms with van der Waals surface area (Å²) in [5, 5.41) is 3.52. The van der Waals surface area contributed by atoms with Crippen molar-refractivity contribution in [2.75, 3.05) is 7.05 Å². The predicted molar refractivity (Wildman–Crippen MR) is 92.2 cm³/mol. The van der Waals surface area contributed by atoms with Gasteiger partial charge in [-0.15, -0.1) is 11.3 Å². The van der Waals surface area contributed by atoms with E-state index in [1.807, 2.05) is 30.3 Å². The number of halogens is 1. The van der Waals surface area contributed by atoms with Gasteiger partial charge in [-0.25, -0.2) is 0 Å². The highest BCUT2D eigenvalue weighted by atomic mass is 127. The highest BCUT2D eigenvalue weighted by Crippen LogP contribution is 2.34. The van der Waals surface area contributed by atoms with Crippen molar-refractivity contribution in [2.24, 2.45) is 0 Å². The number of amides is 1. The Morgan fingerprint density at radius 1 is 1.29 bits per heavy atom. The third kappa shape index (κ3) is 3.01. The Bertz CT molecular complexity index is 799. The average molecular weight is 410 g/mol. The Labute approximate surface area is 139 Å². The average Bonchev–Trinajstić information content (AvgIpc) is 2.94. The normalized spacial score (nSPS) is 10.6. The van der Waals surface area contributed by atoms with Crippen LogP contribution in [0.15, 0.2) is 42.7 Å². The van der Waals surface area contributed by atoms with Crippen molar-refractivity contribution in [1.82, 2.24) is 10.3 Å². The summed E-state index contributed by atoms with van der Waals surface area (Å²) < 4.78 is 7.96. The first-order chi connectivity index (χ1) is 10.2. The van der Waals surface area contributed by atoms with Crippen LogP contribution in [0, 0.1) is 3.57 Å². The van der Waals surface area contributed by atoms with Crippen molar-refractivity contribution in [1.29, 1.82) is 0 Å². The fourth-order valence-corrected chi connectivity index (χ4v) is 3.23. The van der Waals surface area contributed by atoms with E-state index < -0.39 is 0 Å². The third-order valence-corrected chi connectivity index (χ3v) is 4.69. The van der Waals surface area contributed by atoms with Crippen LogP contribution < -0.4 is 10.1 Å². The molecule has 1 aromatic carbocycles. The minimum Gasteiger partial charge on any atom is -0.455 e. The number of fused-ring (bicyclic) bond motifs is 1. The SMILES string of the molecule is CNC(=O)c1cc2c(Oc3ccc(I)cc3)cncc2s1. The van der Waals surface area contributed by atoms with E-state index in [1.54, 1.807) is 19.4 Å². The molecule has 3 rings (SSSR count). The maximum absolute atomic E-state index is 11.7. The molecule has 0 saturated heterocycles. The number of nitrogens with one attached hydrogen (secondary N) is 1. The lowest BCUT2D eigenvalue weighted by atomic mass is 10.3. The Hall–Kier alpha value is -1.67. The maximum atomic E-state index is 11.7. The van der Waals surface area contributed by atoms with E-state index in [4.69, 9.17) is 4.74 Å². The van der Waals surface area contributed by atoms with Gasteiger partial charge in [0.25, 0.3) is 5.91 Å². The van der Waals surface area contributed by atoms with Crippen LogP contribution in [0.1, 0.15) is 9.67 Å². The number of hydrogen-bond acceptors (Lipinski definition) is 4. The van der Waals surface area contributed by atoms with Gasteiger partial charge < -0.3 is 10.1 Å². The second-order valence-corrected chi connectivity index (χ2v) is 6.62. The Morgan fingerprint density at radius 3 is 2.76 bits per heavy atom. The summed E-state index contributed by atoms with van der Waals surface area (Å²) in [7, 11) is 1.62. The summed E-state index contributed by atoms with van der Waals surface area (Å²) in [6, 6.07) is 9.61. The van der Waals surface area contributed by atoms with Crippen molar-refractivity contribution in [3.63, 3.8) is 0 Å². The fourth-order valence-electron chi connectivity index (χ4n) is 1.88. The van der Waals surface area contributed by atoms with Gasteiger partial charge in [0.05, 0.1) is 15.8 Å². The van der Waals surface area contributed by atoms with Crippen molar-refractivity contribution < 1.29 is 9.53 Å². The van der Waals surface area contributed by atoms with Gasteiger partial charge in [-0.1, -0.05) is 0 Å². The molecule has 0 unspecified atom stereocenters. The van der Waals surface area contributed by atoms with Crippen molar-refractivity contribution in [2.45, 2.75) is 0 Å². The Morgan fingerprint density at radius 2 is 2.05 bits per heavy atom. The zero-order valence-electron chi connectivity index (χ0n) is 11.1. The molecule has 0 aliphatic rings. The Kier molecular flexibility index (Phi) is 4.07. The van der Waals surface area contributed by atoms with Crippen LogP contribution in [-0.4, -0.2) is 17.9 Å². The molecule has 1 amide bonds. The van der Waals surface area contributed by atoms with E-state index in [2.05, 4.69) is 32.9 Å². The minimum absolute atomic E-state index is 0.101. The molecule has 1 N–H and O–H groups in total. The summed E-state index contributed by atoms with van der Waals surface area (Å²) in [4.78, 5) is 16.6. The summed E-state index contributed by atoms with van der Waals surface area (Å²) >= 11 is 3.65. The second-order valence-electron chi connectivity index (χ2n) is 4.30. The first-order valence-corrected chi connectivity index (χ1v) is 8.10. The van der Waals surface area contributed by atoms with Gasteiger partial charge >= 0.3 is 0 Å². The van der Waals surface area contributed by atoms with E-state index in [0.29, 0.717) is 10.6 Å². The van der Waals surface area contributed by atoms with Gasteiger partial charge in [-0.2, -0.15) is 0 Å². The molecule has 4 nitrogen and oxygen atoms in total. The standard InChI is InChI=1S/C15H11IN2O2S/c1-17-15(19)13-6-11-12(7-18-8-14(11)21-13)20-10-4-2-9(16)3-5-10/h2-8H,1H3,(H,17,19). The number of hydrogen-bond donors (Lipinski definition) is 1. The van der Waals surface area contributed by atoms with Crippen LogP contribution >= 0.6 is 33.9 Å². The first kappa shape index (κ1) is 14.3. The molecule has 106 valence electrons. The smallest absolute Gasteiger partial charge is 0.261 e. The zero-order valence-corrected chi connectivity index (χ0v) is 14.1. The molecular formula is C15H11IN2O2S. The molecule has 6 heteroatoms. The van der Waals surface area contributed by atoms with E-state index in [1.165, 1.54) is 11.3 Å². The molecule has 0 aliphatic heterocycles. The topological polar surface area (TPSA) is 51.2 Å². The number of carbonyl (C=O) groups excluding carboxylic acids is 1. The van der Waals surface area contributed by atoms with Gasteiger partial charge in [-0.3, -0.25) is 9.78 Å². The molecule has 2 heterocycles. The highest BCUT2D eigenvalue weighted by Gasteiger charge is 2.12. The van der Waals surface area contributed by atoms with E-state index in [0.717, 1.165) is 19.4 Å². The summed E-state index contributed by atoms with van der Waals surface area (Å²) in [5.74, 6) is 1.30. The largest absolute Gasteiger partial charge is 0.455 e. The van der Waals surface area contributed by atoms with Gasteiger partial charge in [0.15, 0.2) is 5.75 Å². The van der Waals surface area contributed by atoms with Gasteiger partial charge in [-0.05, 0) is 52.9 Å². The molecular weight excluding hydrogens is 399 g/mol. The molecule has 0 saturated carbocycles. The number of pyridine rings is 1. The van der Waals surface area contributed by atoms with Crippen LogP contribution in [0.3, 0.4) is 0 Å². The molecule has 0 fully saturated rings. The first-order valence-electron chi connectivity index (χ1n) is 6.20. The molecule has 0 radical (unpaired) electrons. The van der Waals surface area contributed by atoms with E-state index in [9.17, 15) is 4.79 Å². The molecule has 3 aromatic rings. The molecule has 0 atom stereocenters. The summed E-state index contributed by atoms with van der Waals surface area (Å²) in [5.41, 5.74) is 0. The van der Waals surface area contributed by atoms with Gasteiger partial charge in [0.2, 0.25) is 0 Å². The van der Waals surface area contributed by atoms with Crippen LogP contribution in [0.2, 0.25) is 0 Å². The second kappa shape index (κ2) is 5.98. The number of nitrogens with zero attached hydrogens (tertiary/aromatic N) is 1. The van der Waals surface area contributed by atoms with E-state index >= 15 is 0 Å². The Balaban J connectivity index is 2.00. The minimum atomic E-state index is -0.101. The lowest BCUT2D eigenvalue weighted by Gasteiger charge is -2.06. The van der Waals surface area contributed by atoms with Crippen LogP contribution in [0.5, 0.6) is 11.5 Å². The van der Waals surface area contributed by atoms with Crippen LogP contribution in [0.4, 0.5) is 0 Å². The van der Waals surface area contributed by atoms with Crippen molar-refractivity contribution in [3.8, 4) is 11.5 Å². The van der Waals surface area contributed by atoms with Crippen LogP contribution in [-0.2, 0) is 0 Å². The van der Waals surface area contributed by atoms with Crippen molar-refractivity contribution >= 4 is 49.9 Å². The highest BCUT2D eigenvalue weighted by molar-refractivity contribution is 14.1. The van der Waals surface area contributed by atoms with Gasteiger partial charge in [0.1, 0.15) is 5.75 Å². The molecule has 0 bridgehead atoms. The molecule has 2 aromatic heterocycles. The lowest BCUT2D eigenvalue weighted by molar-refractivity contribution is 0.0967. The quantitative estimate of drug-likeness (QED) is 0.663. The monoisotopic (exact) mass is 410 g/mol. The van der Waals surface area contributed by atoms with E-state index in [-0.39, 0.29) is 5.91 Å². The number of benzene rings is 1. The zero-order chi connectivity index (χ0) is 14.8. The maximum Gasteiger partial charge on any atom is 0.261 e. The summed E-state index contributed by atoms with van der Waals surface area (Å²) in [6.07, 6.45) is 3.41. The molecule has 0 aliphatic carbocycles. The lowest BCUT2D eigenvalue weighted by Crippen LogP contribution is -2.15.